The van der Waals surface area contributed by atoms with Crippen LogP contribution in [0.25, 0.3) is 0 Å². The van der Waals surface area contributed by atoms with Crippen molar-refractivity contribution in [3.05, 3.63) is 35.9 Å². The van der Waals surface area contributed by atoms with E-state index in [2.05, 4.69) is 28.6 Å². The van der Waals surface area contributed by atoms with Gasteiger partial charge in [-0.3, -0.25) is 14.4 Å². The van der Waals surface area contributed by atoms with Gasteiger partial charge in [0.2, 0.25) is 17.7 Å². The van der Waals surface area contributed by atoms with Gasteiger partial charge in [0, 0.05) is 12.2 Å². The van der Waals surface area contributed by atoms with E-state index in [0.717, 1.165) is 5.56 Å². The average molecular weight is 481 g/mol. The van der Waals surface area contributed by atoms with E-state index >= 15 is 0 Å². The molecule has 184 valence electrons. The molecule has 33 heavy (non-hydrogen) atoms. The van der Waals surface area contributed by atoms with Gasteiger partial charge in [0.05, 0.1) is 6.04 Å². The summed E-state index contributed by atoms with van der Waals surface area (Å²) in [7, 11) is 0. The Morgan fingerprint density at radius 3 is 1.97 bits per heavy atom. The molecule has 0 aliphatic rings. The van der Waals surface area contributed by atoms with E-state index in [1.165, 1.54) is 0 Å². The molecule has 0 radical (unpaired) electrons. The quantitative estimate of drug-likeness (QED) is 0.229. The van der Waals surface area contributed by atoms with Crippen LogP contribution in [-0.4, -0.2) is 58.7 Å². The van der Waals surface area contributed by atoms with Crippen LogP contribution >= 0.6 is 12.6 Å². The van der Waals surface area contributed by atoms with Crippen molar-refractivity contribution >= 4 is 36.3 Å². The molecule has 1 aromatic carbocycles. The summed E-state index contributed by atoms with van der Waals surface area (Å²) >= 11 is 4.00. The molecular weight excluding hydrogens is 444 g/mol. The van der Waals surface area contributed by atoms with Crippen LogP contribution in [0.2, 0.25) is 0 Å². The van der Waals surface area contributed by atoms with Gasteiger partial charge >= 0.3 is 5.97 Å². The van der Waals surface area contributed by atoms with Crippen molar-refractivity contribution in [2.24, 2.45) is 17.6 Å². The van der Waals surface area contributed by atoms with Gasteiger partial charge in [0.15, 0.2) is 0 Å². The number of aliphatic carboxylic acids is 1. The minimum Gasteiger partial charge on any atom is -0.480 e. The maximum absolute atomic E-state index is 13.0. The summed E-state index contributed by atoms with van der Waals surface area (Å²) in [5.41, 5.74) is 6.46. The number of nitrogens with two attached hydrogens (primary N) is 1. The number of nitrogens with one attached hydrogen (secondary N) is 3. The number of carbonyl (C=O) groups is 4. The zero-order valence-electron chi connectivity index (χ0n) is 19.6. The molecule has 0 spiro atoms. The van der Waals surface area contributed by atoms with Gasteiger partial charge in [-0.25, -0.2) is 4.79 Å². The van der Waals surface area contributed by atoms with Crippen molar-refractivity contribution in [3.8, 4) is 0 Å². The van der Waals surface area contributed by atoms with Crippen LogP contribution in [0, 0.1) is 11.8 Å². The summed E-state index contributed by atoms with van der Waals surface area (Å²) in [5, 5.41) is 17.4. The second kappa shape index (κ2) is 13.8. The predicted molar refractivity (Wildman–Crippen MR) is 130 cm³/mol. The van der Waals surface area contributed by atoms with Crippen LogP contribution in [-0.2, 0) is 25.6 Å². The largest absolute Gasteiger partial charge is 0.480 e. The van der Waals surface area contributed by atoms with Crippen molar-refractivity contribution in [2.75, 3.05) is 5.75 Å². The van der Waals surface area contributed by atoms with Crippen LogP contribution in [0.1, 0.15) is 39.7 Å². The summed E-state index contributed by atoms with van der Waals surface area (Å²) < 4.78 is 0. The molecule has 1 rings (SSSR count). The number of amides is 3. The molecule has 0 aliphatic heterocycles. The molecule has 0 aromatic heterocycles. The fourth-order valence-corrected chi connectivity index (χ4v) is 3.33. The number of carbonyl (C=O) groups excluding carboxylic acids is 3. The van der Waals surface area contributed by atoms with Crippen LogP contribution in [0.15, 0.2) is 30.3 Å². The van der Waals surface area contributed by atoms with E-state index in [9.17, 15) is 24.3 Å². The van der Waals surface area contributed by atoms with E-state index in [4.69, 9.17) is 5.73 Å². The summed E-state index contributed by atoms with van der Waals surface area (Å²) in [5.74, 6) is -2.94. The molecule has 6 N–H and O–H groups in total. The van der Waals surface area contributed by atoms with Gasteiger partial charge in [0.1, 0.15) is 18.1 Å². The maximum Gasteiger partial charge on any atom is 0.326 e. The summed E-state index contributed by atoms with van der Waals surface area (Å²) in [4.78, 5) is 49.9. The van der Waals surface area contributed by atoms with Gasteiger partial charge in [-0.15, -0.1) is 0 Å². The standard InChI is InChI=1S/C23H36N4O5S/c1-13(2)10-17(25-20(28)16(24)12-33)21(29)27-19(14(3)4)22(30)26-18(23(31)32)11-15-8-6-5-7-9-15/h5-9,13-14,16-19,33H,10-12,24H2,1-4H3,(H,25,28)(H,26,30)(H,27,29)(H,31,32). The van der Waals surface area contributed by atoms with Crippen molar-refractivity contribution < 1.29 is 24.3 Å². The number of hydrogen-bond donors (Lipinski definition) is 6. The highest BCUT2D eigenvalue weighted by atomic mass is 32.1. The fraction of sp³-hybridized carbons (Fsp3) is 0.565. The molecule has 1 aromatic rings. The Morgan fingerprint density at radius 1 is 0.909 bits per heavy atom. The molecule has 4 atom stereocenters. The van der Waals surface area contributed by atoms with Crippen LogP contribution in [0.4, 0.5) is 0 Å². The van der Waals surface area contributed by atoms with Gasteiger partial charge in [-0.05, 0) is 23.8 Å². The lowest BCUT2D eigenvalue weighted by Crippen LogP contribution is -2.59. The lowest BCUT2D eigenvalue weighted by molar-refractivity contribution is -0.142. The number of thiol groups is 1. The van der Waals surface area contributed by atoms with Crippen molar-refractivity contribution in [1.29, 1.82) is 0 Å². The normalized spacial score (nSPS) is 14.8. The van der Waals surface area contributed by atoms with Gasteiger partial charge in [0.25, 0.3) is 0 Å². The highest BCUT2D eigenvalue weighted by Gasteiger charge is 2.32. The molecule has 9 nitrogen and oxygen atoms in total. The first-order valence-electron chi connectivity index (χ1n) is 11.0. The number of carboxylic acids is 1. The third-order valence-corrected chi connectivity index (χ3v) is 5.41. The average Bonchev–Trinajstić information content (AvgIpc) is 2.75. The van der Waals surface area contributed by atoms with Crippen LogP contribution < -0.4 is 21.7 Å². The number of rotatable bonds is 13. The Balaban J connectivity index is 2.95. The molecule has 0 bridgehead atoms. The molecule has 0 heterocycles. The molecule has 3 amide bonds. The summed E-state index contributed by atoms with van der Waals surface area (Å²) in [6.07, 6.45) is 0.448. The molecule has 0 fully saturated rings. The SMILES string of the molecule is CC(C)CC(NC(=O)C(N)CS)C(=O)NC(C(=O)NC(Cc1ccccc1)C(=O)O)C(C)C. The highest BCUT2D eigenvalue weighted by molar-refractivity contribution is 7.80. The van der Waals surface area contributed by atoms with Gasteiger partial charge in [-0.1, -0.05) is 58.0 Å². The first-order chi connectivity index (χ1) is 15.5. The maximum atomic E-state index is 13.0. The monoisotopic (exact) mass is 480 g/mol. The highest BCUT2D eigenvalue weighted by Crippen LogP contribution is 2.10. The fourth-order valence-electron chi connectivity index (χ4n) is 3.16. The van der Waals surface area contributed by atoms with E-state index in [0.29, 0.717) is 6.42 Å². The minimum atomic E-state index is -1.17. The van der Waals surface area contributed by atoms with E-state index < -0.39 is 47.9 Å². The Kier molecular flexibility index (Phi) is 11.9. The smallest absolute Gasteiger partial charge is 0.326 e. The van der Waals surface area contributed by atoms with E-state index in [1.54, 1.807) is 38.1 Å². The molecule has 4 unspecified atom stereocenters. The summed E-state index contributed by atoms with van der Waals surface area (Å²) in [6.45, 7) is 7.28. The minimum absolute atomic E-state index is 0.0851. The molecule has 10 heteroatoms. The number of benzene rings is 1. The van der Waals surface area contributed by atoms with Crippen LogP contribution in [0.5, 0.6) is 0 Å². The first-order valence-corrected chi connectivity index (χ1v) is 11.6. The molecule has 0 aliphatic carbocycles. The Morgan fingerprint density at radius 2 is 1.48 bits per heavy atom. The topological polar surface area (TPSA) is 151 Å². The Labute approximate surface area is 200 Å². The Bertz CT molecular complexity index is 803. The zero-order valence-corrected chi connectivity index (χ0v) is 20.5. The predicted octanol–water partition coefficient (Wildman–Crippen LogP) is 0.727. The summed E-state index contributed by atoms with van der Waals surface area (Å²) in [6, 6.07) is 5.05. The number of carboxylic acid groups (broad SMARTS) is 1. The molecule has 0 saturated carbocycles. The van der Waals surface area contributed by atoms with E-state index in [1.807, 2.05) is 19.9 Å². The van der Waals surface area contributed by atoms with E-state index in [-0.39, 0.29) is 24.0 Å². The second-order valence-corrected chi connectivity index (χ2v) is 9.16. The first kappa shape index (κ1) is 28.4. The third kappa shape index (κ3) is 9.83. The van der Waals surface area contributed by atoms with Crippen molar-refractivity contribution in [3.63, 3.8) is 0 Å². The van der Waals surface area contributed by atoms with Crippen LogP contribution in [0.3, 0.4) is 0 Å². The molecule has 0 saturated heterocycles. The van der Waals surface area contributed by atoms with Gasteiger partial charge in [-0.2, -0.15) is 12.6 Å². The lowest BCUT2D eigenvalue weighted by atomic mass is 9.99. The second-order valence-electron chi connectivity index (χ2n) is 8.80. The van der Waals surface area contributed by atoms with Crippen molar-refractivity contribution in [1.82, 2.24) is 16.0 Å². The third-order valence-electron chi connectivity index (χ3n) is 5.02. The Hall–Kier alpha value is -2.59. The van der Waals surface area contributed by atoms with Gasteiger partial charge < -0.3 is 26.8 Å². The number of hydrogen-bond acceptors (Lipinski definition) is 6. The van der Waals surface area contributed by atoms with Crippen molar-refractivity contribution in [2.45, 2.75) is 64.7 Å². The zero-order chi connectivity index (χ0) is 25.1. The molecular formula is C23H36N4O5S. The lowest BCUT2D eigenvalue weighted by Gasteiger charge is -2.27.